The fraction of sp³-hybridized carbons (Fsp3) is 0.222. The molecular weight excluding hydrogens is 630 g/mol. The Hall–Kier alpha value is -3.83. The molecule has 2 aromatic carbocycles. The fourth-order valence-electron chi connectivity index (χ4n) is 5.17. The van der Waals surface area contributed by atoms with Gasteiger partial charge >= 0.3 is 16.9 Å². The van der Waals surface area contributed by atoms with Crippen LogP contribution < -0.4 is 13.8 Å². The van der Waals surface area contributed by atoms with E-state index in [1.54, 1.807) is 11.8 Å². The first-order valence-electron chi connectivity index (χ1n) is 15.5. The van der Waals surface area contributed by atoms with E-state index >= 15 is 0 Å². The lowest BCUT2D eigenvalue weighted by molar-refractivity contribution is 0.406. The normalized spacial score (nSPS) is 12.8. The second-order valence-corrected chi connectivity index (χ2v) is 16.5. The van der Waals surface area contributed by atoms with Gasteiger partial charge in [-0.15, -0.1) is 0 Å². The van der Waals surface area contributed by atoms with Gasteiger partial charge in [0.15, 0.2) is 23.0 Å². The first-order valence-corrected chi connectivity index (χ1v) is 18.7. The van der Waals surface area contributed by atoms with Crippen molar-refractivity contribution in [1.29, 1.82) is 0 Å². The van der Waals surface area contributed by atoms with Crippen LogP contribution in [-0.4, -0.2) is 17.4 Å². The topological polar surface area (TPSA) is 47.4 Å². The summed E-state index contributed by atoms with van der Waals surface area (Å²) in [6.45, 7) is 11.2. The molecule has 0 N–H and O–H groups in total. The molecule has 236 valence electrons. The maximum atomic E-state index is 7.01. The van der Waals surface area contributed by atoms with Crippen LogP contribution in [0.15, 0.2) is 132 Å². The summed E-state index contributed by atoms with van der Waals surface area (Å²) in [5, 5.41) is 0. The number of hydrogen-bond donors (Lipinski definition) is 0. The summed E-state index contributed by atoms with van der Waals surface area (Å²) >= 11 is 1.73. The van der Waals surface area contributed by atoms with Crippen molar-refractivity contribution in [3.05, 3.63) is 133 Å². The van der Waals surface area contributed by atoms with E-state index in [0.717, 1.165) is 27.7 Å². The Balaban J connectivity index is 1.35. The van der Waals surface area contributed by atoms with Gasteiger partial charge in [0.25, 0.3) is 0 Å². The monoisotopic (exact) mass is 668 g/mol. The van der Waals surface area contributed by atoms with E-state index in [4.69, 9.17) is 13.8 Å². The molecule has 10 heteroatoms. The van der Waals surface area contributed by atoms with Gasteiger partial charge in [0.05, 0.1) is 9.79 Å². The highest BCUT2D eigenvalue weighted by Gasteiger charge is 2.32. The van der Waals surface area contributed by atoms with E-state index < -0.39 is 16.9 Å². The van der Waals surface area contributed by atoms with Crippen LogP contribution in [0, 0.1) is 0 Å². The van der Waals surface area contributed by atoms with Crippen LogP contribution in [0.2, 0.25) is 0 Å². The van der Waals surface area contributed by atoms with Crippen LogP contribution in [0.25, 0.3) is 0 Å². The number of fused-ring (bicyclic) bond motifs is 2. The van der Waals surface area contributed by atoms with Crippen LogP contribution in [-0.2, 0) is 5.41 Å². The largest absolute Gasteiger partial charge is 0.447 e. The maximum absolute atomic E-state index is 7.01. The molecule has 0 radical (unpaired) electrons. The summed E-state index contributed by atoms with van der Waals surface area (Å²) in [6.07, 6.45) is 17.4. The highest BCUT2D eigenvalue weighted by atomic mass is 32.2. The van der Waals surface area contributed by atoms with Crippen molar-refractivity contribution in [2.24, 2.45) is 0 Å². The van der Waals surface area contributed by atoms with Crippen molar-refractivity contribution in [2.45, 2.75) is 62.2 Å². The van der Waals surface area contributed by atoms with Gasteiger partial charge in [-0.3, -0.25) is 17.4 Å². The molecule has 7 rings (SSSR count). The molecular formula is C36H38N4O3P2S. The van der Waals surface area contributed by atoms with Gasteiger partial charge in [-0.25, -0.2) is 0 Å². The Morgan fingerprint density at radius 1 is 0.652 bits per heavy atom. The van der Waals surface area contributed by atoms with Crippen LogP contribution >= 0.6 is 28.7 Å². The van der Waals surface area contributed by atoms with E-state index in [2.05, 4.69) is 76.2 Å². The van der Waals surface area contributed by atoms with E-state index in [1.807, 2.05) is 98.1 Å². The molecule has 0 spiro atoms. The van der Waals surface area contributed by atoms with Crippen molar-refractivity contribution >= 4 is 28.7 Å². The van der Waals surface area contributed by atoms with Crippen molar-refractivity contribution in [3.63, 3.8) is 0 Å². The van der Waals surface area contributed by atoms with Gasteiger partial charge in [-0.1, -0.05) is 46.4 Å². The van der Waals surface area contributed by atoms with Gasteiger partial charge < -0.3 is 13.8 Å². The van der Waals surface area contributed by atoms with Gasteiger partial charge in [0, 0.05) is 49.6 Å². The predicted octanol–water partition coefficient (Wildman–Crippen LogP) is 11.4. The van der Waals surface area contributed by atoms with Gasteiger partial charge in [-0.05, 0) is 102 Å². The summed E-state index contributed by atoms with van der Waals surface area (Å²) < 4.78 is 29.4. The molecule has 4 aromatic heterocycles. The van der Waals surface area contributed by atoms with Gasteiger partial charge in [0.1, 0.15) is 0 Å². The molecule has 1 aliphatic heterocycles. The quantitative estimate of drug-likeness (QED) is 0.129. The molecule has 0 amide bonds. The summed E-state index contributed by atoms with van der Waals surface area (Å²) in [6, 6.07) is 25.1. The summed E-state index contributed by atoms with van der Waals surface area (Å²) in [5.41, 5.74) is 2.38. The summed E-state index contributed by atoms with van der Waals surface area (Å²) in [5.74, 6) is 3.18. The highest BCUT2D eigenvalue weighted by Crippen LogP contribution is 2.59. The summed E-state index contributed by atoms with van der Waals surface area (Å²) in [7, 11) is -2.52. The highest BCUT2D eigenvalue weighted by molar-refractivity contribution is 7.99. The zero-order chi connectivity index (χ0) is 31.8. The molecule has 0 saturated carbocycles. The van der Waals surface area contributed by atoms with Gasteiger partial charge in [0.2, 0.25) is 0 Å². The zero-order valence-electron chi connectivity index (χ0n) is 26.6. The standard InChI is InChI=1S/C36H38N4O3P2S/c1-6-36(4,5)29-25-31(43-45(39-19-11-12-20-39)40-21-13-14-22-40)35-33(26-29)46-32-24-28(27(2)3)23-30(34(32)41-35)42-44(37-15-7-8-16-37)38-17-9-10-18-38/h7-27H,6H2,1-5H3. The van der Waals surface area contributed by atoms with Crippen LogP contribution in [0.1, 0.15) is 58.1 Å². The number of ether oxygens (including phenoxy) is 1. The minimum absolute atomic E-state index is 0.0466. The number of rotatable bonds is 11. The third-order valence-corrected chi connectivity index (χ3v) is 12.7. The molecule has 5 heterocycles. The molecule has 7 nitrogen and oxygen atoms in total. The molecule has 0 bridgehead atoms. The Bertz CT molecular complexity index is 1830. The van der Waals surface area contributed by atoms with E-state index in [9.17, 15) is 0 Å². The van der Waals surface area contributed by atoms with Crippen LogP contribution in [0.5, 0.6) is 23.0 Å². The number of aromatic nitrogens is 4. The number of nitrogens with zero attached hydrogens (tertiary/aromatic N) is 4. The lowest BCUT2D eigenvalue weighted by Gasteiger charge is -2.31. The maximum Gasteiger partial charge on any atom is 0.317 e. The molecule has 0 saturated heterocycles. The smallest absolute Gasteiger partial charge is 0.317 e. The van der Waals surface area contributed by atoms with Crippen molar-refractivity contribution in [1.82, 2.24) is 17.4 Å². The molecule has 0 atom stereocenters. The van der Waals surface area contributed by atoms with Crippen LogP contribution in [0.4, 0.5) is 0 Å². The van der Waals surface area contributed by atoms with Crippen molar-refractivity contribution < 1.29 is 13.8 Å². The fourth-order valence-corrected chi connectivity index (χ4v) is 9.27. The molecule has 0 fully saturated rings. The third kappa shape index (κ3) is 6.02. The first kappa shape index (κ1) is 30.8. The predicted molar refractivity (Wildman–Crippen MR) is 189 cm³/mol. The van der Waals surface area contributed by atoms with Crippen molar-refractivity contribution in [2.75, 3.05) is 0 Å². The lowest BCUT2D eigenvalue weighted by atomic mass is 9.82. The second-order valence-electron chi connectivity index (χ2n) is 12.2. The third-order valence-electron chi connectivity index (χ3n) is 8.33. The average Bonchev–Trinajstić information content (AvgIpc) is 3.89. The molecule has 1 aliphatic rings. The Morgan fingerprint density at radius 2 is 1.07 bits per heavy atom. The SMILES string of the molecule is CCC(C)(C)c1cc(OP(n2cccc2)n2cccc2)c2c(c1)Sc1cc(C(C)C)cc(OP(n3cccc3)n3cccc3)c1O2. The summed E-state index contributed by atoms with van der Waals surface area (Å²) in [4.78, 5) is 2.08. The minimum Gasteiger partial charge on any atom is -0.447 e. The minimum atomic E-state index is -1.26. The molecule has 6 aromatic rings. The van der Waals surface area contributed by atoms with E-state index in [-0.39, 0.29) is 5.41 Å². The molecule has 0 unspecified atom stereocenters. The Morgan fingerprint density at radius 3 is 1.48 bits per heavy atom. The zero-order valence-corrected chi connectivity index (χ0v) is 29.3. The van der Waals surface area contributed by atoms with Gasteiger partial charge in [-0.2, -0.15) is 0 Å². The average molecular weight is 669 g/mol. The lowest BCUT2D eigenvalue weighted by Crippen LogP contribution is -2.16. The van der Waals surface area contributed by atoms with Crippen molar-refractivity contribution in [3.8, 4) is 23.0 Å². The Kier molecular flexibility index (Phi) is 8.54. The van der Waals surface area contributed by atoms with Crippen LogP contribution in [0.3, 0.4) is 0 Å². The second kappa shape index (κ2) is 12.8. The number of hydrogen-bond acceptors (Lipinski definition) is 4. The molecule has 0 aliphatic carbocycles. The van der Waals surface area contributed by atoms with E-state index in [0.29, 0.717) is 17.4 Å². The number of benzene rings is 2. The first-order chi connectivity index (χ1) is 22.3. The van der Waals surface area contributed by atoms with E-state index in [1.165, 1.54) is 11.1 Å². The molecule has 46 heavy (non-hydrogen) atoms. The Labute approximate surface area is 277 Å².